The zero-order valence-corrected chi connectivity index (χ0v) is 17.6. The lowest BCUT2D eigenvalue weighted by atomic mass is 9.96. The Bertz CT molecular complexity index is 1110. The van der Waals surface area contributed by atoms with E-state index in [0.29, 0.717) is 11.6 Å². The topological polar surface area (TPSA) is 82.9 Å². The normalized spacial score (nSPS) is 14.4. The lowest BCUT2D eigenvalue weighted by Crippen LogP contribution is -2.33. The average Bonchev–Trinajstić information content (AvgIpc) is 3.24. The number of carbonyl (C=O) groups excluding carboxylic acids is 2. The number of rotatable bonds is 6. The summed E-state index contributed by atoms with van der Waals surface area (Å²) >= 11 is 0. The van der Waals surface area contributed by atoms with Crippen molar-refractivity contribution in [1.29, 1.82) is 0 Å². The van der Waals surface area contributed by atoms with Gasteiger partial charge in [-0.3, -0.25) is 9.36 Å². The SMILES string of the molecule is CCOC(=O)c1ncn2c1N(c1ccc(OC)cc1)C(CC(=O)OC)c1ccccc1-2. The first-order valence-corrected chi connectivity index (χ1v) is 9.92. The van der Waals surface area contributed by atoms with E-state index in [2.05, 4.69) is 4.98 Å². The van der Waals surface area contributed by atoms with Crippen LogP contribution in [0.3, 0.4) is 0 Å². The molecule has 0 spiro atoms. The molecular formula is C23H23N3O5. The largest absolute Gasteiger partial charge is 0.497 e. The third-order valence-corrected chi connectivity index (χ3v) is 5.24. The van der Waals surface area contributed by atoms with Crippen LogP contribution in [0, 0.1) is 0 Å². The molecule has 4 rings (SSSR count). The number of para-hydroxylation sites is 1. The highest BCUT2D eigenvalue weighted by atomic mass is 16.5. The van der Waals surface area contributed by atoms with Gasteiger partial charge in [-0.25, -0.2) is 9.78 Å². The van der Waals surface area contributed by atoms with Gasteiger partial charge in [-0.05, 0) is 42.8 Å². The van der Waals surface area contributed by atoms with Crippen molar-refractivity contribution >= 4 is 23.4 Å². The molecule has 1 aromatic heterocycles. The van der Waals surface area contributed by atoms with Crippen molar-refractivity contribution in [3.63, 3.8) is 0 Å². The summed E-state index contributed by atoms with van der Waals surface area (Å²) in [6.07, 6.45) is 1.69. The Morgan fingerprint density at radius 1 is 1.06 bits per heavy atom. The molecule has 1 aliphatic heterocycles. The Hall–Kier alpha value is -3.81. The molecule has 8 nitrogen and oxygen atoms in total. The summed E-state index contributed by atoms with van der Waals surface area (Å²) in [5, 5.41) is 0. The first kappa shape index (κ1) is 20.5. The van der Waals surface area contributed by atoms with Crippen LogP contribution >= 0.6 is 0 Å². The summed E-state index contributed by atoms with van der Waals surface area (Å²) in [7, 11) is 2.96. The first-order valence-electron chi connectivity index (χ1n) is 9.92. The minimum Gasteiger partial charge on any atom is -0.497 e. The number of esters is 2. The van der Waals surface area contributed by atoms with Crippen LogP contribution in [0.15, 0.2) is 54.9 Å². The van der Waals surface area contributed by atoms with E-state index in [1.54, 1.807) is 20.4 Å². The van der Waals surface area contributed by atoms with Crippen molar-refractivity contribution in [2.45, 2.75) is 19.4 Å². The fourth-order valence-electron chi connectivity index (χ4n) is 3.85. The average molecular weight is 421 g/mol. The number of anilines is 2. The Balaban J connectivity index is 1.95. The highest BCUT2D eigenvalue weighted by molar-refractivity contribution is 5.95. The number of ether oxygens (including phenoxy) is 3. The van der Waals surface area contributed by atoms with Crippen molar-refractivity contribution in [3.8, 4) is 11.4 Å². The van der Waals surface area contributed by atoms with Crippen LogP contribution in [0.2, 0.25) is 0 Å². The van der Waals surface area contributed by atoms with Gasteiger partial charge in [0.2, 0.25) is 0 Å². The minimum atomic E-state index is -0.522. The Morgan fingerprint density at radius 3 is 2.48 bits per heavy atom. The first-order chi connectivity index (χ1) is 15.1. The van der Waals surface area contributed by atoms with Crippen LogP contribution in [0.1, 0.15) is 35.4 Å². The highest BCUT2D eigenvalue weighted by Gasteiger charge is 2.38. The van der Waals surface area contributed by atoms with E-state index >= 15 is 0 Å². The van der Waals surface area contributed by atoms with E-state index < -0.39 is 12.0 Å². The predicted molar refractivity (Wildman–Crippen MR) is 114 cm³/mol. The maximum atomic E-state index is 12.7. The van der Waals surface area contributed by atoms with E-state index in [4.69, 9.17) is 14.2 Å². The maximum absolute atomic E-state index is 12.7. The molecule has 1 atom stereocenters. The third-order valence-electron chi connectivity index (χ3n) is 5.24. The Labute approximate surface area is 180 Å². The van der Waals surface area contributed by atoms with E-state index in [1.165, 1.54) is 7.11 Å². The monoisotopic (exact) mass is 421 g/mol. The fraction of sp³-hybridized carbons (Fsp3) is 0.261. The van der Waals surface area contributed by atoms with Gasteiger partial charge in [-0.2, -0.15) is 0 Å². The lowest BCUT2D eigenvalue weighted by molar-refractivity contribution is -0.141. The number of fused-ring (bicyclic) bond motifs is 3. The molecule has 0 saturated carbocycles. The van der Waals surface area contributed by atoms with Crippen molar-refractivity contribution in [2.75, 3.05) is 25.7 Å². The number of methoxy groups -OCH3 is 2. The maximum Gasteiger partial charge on any atom is 0.360 e. The number of hydrogen-bond acceptors (Lipinski definition) is 7. The van der Waals surface area contributed by atoms with Gasteiger partial charge in [0.25, 0.3) is 0 Å². The molecule has 31 heavy (non-hydrogen) atoms. The number of imidazole rings is 1. The number of benzene rings is 2. The summed E-state index contributed by atoms with van der Waals surface area (Å²) in [6, 6.07) is 14.7. The van der Waals surface area contributed by atoms with Crippen molar-refractivity contribution < 1.29 is 23.8 Å². The Kier molecular flexibility index (Phi) is 5.62. The van der Waals surface area contributed by atoms with E-state index in [1.807, 2.05) is 58.0 Å². The van der Waals surface area contributed by atoms with Crippen LogP contribution < -0.4 is 9.64 Å². The molecule has 8 heteroatoms. The fourth-order valence-corrected chi connectivity index (χ4v) is 3.85. The molecule has 0 fully saturated rings. The molecule has 2 aromatic carbocycles. The zero-order chi connectivity index (χ0) is 22.0. The van der Waals surface area contributed by atoms with Crippen LogP contribution in [0.4, 0.5) is 11.5 Å². The molecular weight excluding hydrogens is 398 g/mol. The summed E-state index contributed by atoms with van der Waals surface area (Å²) < 4.78 is 17.4. The summed E-state index contributed by atoms with van der Waals surface area (Å²) in [5.41, 5.74) is 2.72. The molecule has 0 radical (unpaired) electrons. The summed E-state index contributed by atoms with van der Waals surface area (Å²) in [4.78, 5) is 31.4. The summed E-state index contributed by atoms with van der Waals surface area (Å²) in [6.45, 7) is 1.98. The summed E-state index contributed by atoms with van der Waals surface area (Å²) in [5.74, 6) is 0.357. The lowest BCUT2D eigenvalue weighted by Gasteiger charge is -2.39. The van der Waals surface area contributed by atoms with Gasteiger partial charge in [-0.15, -0.1) is 0 Å². The zero-order valence-electron chi connectivity index (χ0n) is 17.6. The molecule has 0 amide bonds. The van der Waals surface area contributed by atoms with Crippen molar-refractivity contribution in [2.24, 2.45) is 0 Å². The molecule has 0 aliphatic carbocycles. The van der Waals surface area contributed by atoms with Gasteiger partial charge in [0.15, 0.2) is 11.5 Å². The Morgan fingerprint density at radius 2 is 1.81 bits per heavy atom. The highest BCUT2D eigenvalue weighted by Crippen LogP contribution is 2.46. The second kappa shape index (κ2) is 8.51. The van der Waals surface area contributed by atoms with Crippen LogP contribution in [-0.4, -0.2) is 42.3 Å². The quantitative estimate of drug-likeness (QED) is 0.560. The van der Waals surface area contributed by atoms with Crippen molar-refractivity contribution in [1.82, 2.24) is 9.55 Å². The van der Waals surface area contributed by atoms with Crippen molar-refractivity contribution in [3.05, 3.63) is 66.1 Å². The van der Waals surface area contributed by atoms with Gasteiger partial charge in [0.05, 0.1) is 39.0 Å². The van der Waals surface area contributed by atoms with E-state index in [-0.39, 0.29) is 24.7 Å². The number of nitrogens with zero attached hydrogens (tertiary/aromatic N) is 3. The van der Waals surface area contributed by atoms with Gasteiger partial charge in [0, 0.05) is 5.69 Å². The van der Waals surface area contributed by atoms with Gasteiger partial charge in [-0.1, -0.05) is 18.2 Å². The van der Waals surface area contributed by atoms with Crippen LogP contribution in [0.25, 0.3) is 5.69 Å². The molecule has 3 aromatic rings. The number of hydrogen-bond donors (Lipinski definition) is 0. The van der Waals surface area contributed by atoms with E-state index in [9.17, 15) is 9.59 Å². The minimum absolute atomic E-state index is 0.0903. The second-order valence-corrected chi connectivity index (χ2v) is 6.93. The second-order valence-electron chi connectivity index (χ2n) is 6.93. The number of carbonyl (C=O) groups is 2. The van der Waals surface area contributed by atoms with Gasteiger partial charge >= 0.3 is 11.9 Å². The molecule has 0 bridgehead atoms. The smallest absolute Gasteiger partial charge is 0.360 e. The molecule has 160 valence electrons. The molecule has 1 aliphatic rings. The van der Waals surface area contributed by atoms with Crippen LogP contribution in [-0.2, 0) is 14.3 Å². The van der Waals surface area contributed by atoms with Gasteiger partial charge in [0.1, 0.15) is 12.1 Å². The third kappa shape index (κ3) is 3.61. The predicted octanol–water partition coefficient (Wildman–Crippen LogP) is 3.81. The standard InChI is InChI=1S/C23H23N3O5/c1-4-31-23(28)21-22-25(14-24-21)18-8-6-5-7-17(18)19(13-20(27)30-3)26(22)15-9-11-16(29-2)12-10-15/h5-12,14,19H,4,13H2,1-3H3. The molecule has 2 heterocycles. The molecule has 0 saturated heterocycles. The van der Waals surface area contributed by atoms with Gasteiger partial charge < -0.3 is 19.1 Å². The molecule has 0 N–H and O–H groups in total. The van der Waals surface area contributed by atoms with Crippen LogP contribution in [0.5, 0.6) is 5.75 Å². The number of aromatic nitrogens is 2. The molecule has 1 unspecified atom stereocenters. The van der Waals surface area contributed by atoms with E-state index in [0.717, 1.165) is 16.9 Å².